The molecule has 0 aliphatic heterocycles. The van der Waals surface area contributed by atoms with Gasteiger partial charge in [0.1, 0.15) is 0 Å². The zero-order valence-electron chi connectivity index (χ0n) is 19.1. The van der Waals surface area contributed by atoms with Crippen LogP contribution in [0.4, 0.5) is 5.69 Å². The van der Waals surface area contributed by atoms with Gasteiger partial charge in [-0.05, 0) is 56.2 Å². The van der Waals surface area contributed by atoms with Gasteiger partial charge in [0.25, 0.3) is 5.91 Å². The molecule has 2 amide bonds. The predicted molar refractivity (Wildman–Crippen MR) is 133 cm³/mol. The number of anilines is 1. The summed E-state index contributed by atoms with van der Waals surface area (Å²) in [5, 5.41) is 15.9. The van der Waals surface area contributed by atoms with Crippen molar-refractivity contribution in [2.24, 2.45) is 5.92 Å². The van der Waals surface area contributed by atoms with E-state index in [2.05, 4.69) is 20.8 Å². The number of halogens is 1. The first-order chi connectivity index (χ1) is 15.8. The van der Waals surface area contributed by atoms with Crippen molar-refractivity contribution in [2.45, 2.75) is 45.4 Å². The van der Waals surface area contributed by atoms with Crippen molar-refractivity contribution in [3.05, 3.63) is 70.5 Å². The molecule has 174 valence electrons. The van der Waals surface area contributed by atoms with Gasteiger partial charge in [-0.3, -0.25) is 9.59 Å². The Balaban J connectivity index is 1.70. The van der Waals surface area contributed by atoms with Gasteiger partial charge >= 0.3 is 0 Å². The van der Waals surface area contributed by atoms with Crippen LogP contribution in [0, 0.1) is 12.8 Å². The molecule has 1 atom stereocenters. The molecule has 2 aromatic carbocycles. The second kappa shape index (κ2) is 11.3. The summed E-state index contributed by atoms with van der Waals surface area (Å²) in [5.41, 5.74) is 2.31. The minimum absolute atomic E-state index is 0.0966. The molecule has 9 heteroatoms. The van der Waals surface area contributed by atoms with E-state index < -0.39 is 0 Å². The summed E-state index contributed by atoms with van der Waals surface area (Å²) < 4.78 is 1.95. The number of hydrogen-bond acceptors (Lipinski definition) is 5. The number of benzene rings is 2. The van der Waals surface area contributed by atoms with Crippen LogP contribution in [0.2, 0.25) is 5.02 Å². The van der Waals surface area contributed by atoms with E-state index in [4.69, 9.17) is 11.6 Å². The third-order valence-corrected chi connectivity index (χ3v) is 6.25. The second-order valence-corrected chi connectivity index (χ2v) is 9.37. The molecular formula is C24H28ClN5O2S. The minimum atomic E-state index is -0.317. The molecule has 7 nitrogen and oxygen atoms in total. The van der Waals surface area contributed by atoms with E-state index in [0.29, 0.717) is 33.8 Å². The van der Waals surface area contributed by atoms with E-state index >= 15 is 0 Å². The fourth-order valence-electron chi connectivity index (χ4n) is 3.33. The number of amides is 2. The predicted octanol–water partition coefficient (Wildman–Crippen LogP) is 5.12. The molecule has 0 fully saturated rings. The number of aryl methyl sites for hydroxylation is 1. The largest absolute Gasteiger partial charge is 0.342 e. The fourth-order valence-corrected chi connectivity index (χ4v) is 4.27. The van der Waals surface area contributed by atoms with E-state index in [0.717, 1.165) is 5.56 Å². The van der Waals surface area contributed by atoms with Crippen molar-refractivity contribution >= 4 is 40.9 Å². The molecule has 1 heterocycles. The Labute approximate surface area is 203 Å². The highest BCUT2D eigenvalue weighted by Gasteiger charge is 2.26. The van der Waals surface area contributed by atoms with Crippen molar-refractivity contribution in [3.63, 3.8) is 0 Å². The molecule has 2 N–H and O–H groups in total. The smallest absolute Gasteiger partial charge is 0.251 e. The van der Waals surface area contributed by atoms with Gasteiger partial charge in [-0.1, -0.05) is 54.9 Å². The summed E-state index contributed by atoms with van der Waals surface area (Å²) in [6.45, 7) is 8.62. The number of carbonyl (C=O) groups excluding carboxylic acids is 2. The summed E-state index contributed by atoms with van der Waals surface area (Å²) in [6, 6.07) is 14.1. The lowest BCUT2D eigenvalue weighted by atomic mass is 10.0. The van der Waals surface area contributed by atoms with E-state index in [-0.39, 0.29) is 29.5 Å². The van der Waals surface area contributed by atoms with Crippen LogP contribution < -0.4 is 10.6 Å². The molecule has 33 heavy (non-hydrogen) atoms. The Kier molecular flexibility index (Phi) is 8.52. The molecule has 0 radical (unpaired) electrons. The molecule has 3 aromatic rings. The van der Waals surface area contributed by atoms with Crippen LogP contribution in [0.3, 0.4) is 0 Å². The fraction of sp³-hybridized carbons (Fsp3) is 0.333. The monoisotopic (exact) mass is 485 g/mol. The summed E-state index contributed by atoms with van der Waals surface area (Å²) in [4.78, 5) is 25.2. The summed E-state index contributed by atoms with van der Waals surface area (Å²) in [6.07, 6.45) is 0. The quantitative estimate of drug-likeness (QED) is 0.411. The van der Waals surface area contributed by atoms with Crippen LogP contribution in [0.15, 0.2) is 53.7 Å². The summed E-state index contributed by atoms with van der Waals surface area (Å²) in [7, 11) is 0. The molecule has 0 saturated heterocycles. The van der Waals surface area contributed by atoms with Crippen molar-refractivity contribution in [3.8, 4) is 0 Å². The molecular weight excluding hydrogens is 458 g/mol. The van der Waals surface area contributed by atoms with Gasteiger partial charge in [-0.15, -0.1) is 10.2 Å². The summed E-state index contributed by atoms with van der Waals surface area (Å²) >= 11 is 7.19. The van der Waals surface area contributed by atoms with E-state index in [1.165, 1.54) is 11.8 Å². The molecule has 0 aliphatic carbocycles. The van der Waals surface area contributed by atoms with Crippen LogP contribution in [-0.4, -0.2) is 32.3 Å². The lowest BCUT2D eigenvalue weighted by Gasteiger charge is -2.22. The highest BCUT2D eigenvalue weighted by atomic mass is 35.5. The van der Waals surface area contributed by atoms with Gasteiger partial charge in [0.2, 0.25) is 5.91 Å². The standard InChI is InChI=1S/C24H28ClN5O2S/c1-5-30-22(21(15(2)3)27-23(32)17-8-6-7-16(4)13-17)28-29-24(30)33-14-20(31)26-19-11-9-18(25)10-12-19/h6-13,15,21H,5,14H2,1-4H3,(H,26,31)(H,27,32)/t21-/m1/s1. The summed E-state index contributed by atoms with van der Waals surface area (Å²) in [5.74, 6) is 0.652. The first kappa shape index (κ1) is 24.8. The van der Waals surface area contributed by atoms with Crippen LogP contribution in [0.25, 0.3) is 0 Å². The van der Waals surface area contributed by atoms with Crippen molar-refractivity contribution in [1.82, 2.24) is 20.1 Å². The van der Waals surface area contributed by atoms with E-state index in [9.17, 15) is 9.59 Å². The van der Waals surface area contributed by atoms with Gasteiger partial charge in [0.05, 0.1) is 11.8 Å². The third-order valence-electron chi connectivity index (χ3n) is 5.03. The van der Waals surface area contributed by atoms with Crippen molar-refractivity contribution in [2.75, 3.05) is 11.1 Å². The average molecular weight is 486 g/mol. The van der Waals surface area contributed by atoms with Gasteiger partial charge in [-0.2, -0.15) is 0 Å². The third kappa shape index (κ3) is 6.58. The molecule has 0 unspecified atom stereocenters. The van der Waals surface area contributed by atoms with Gasteiger partial charge in [-0.25, -0.2) is 0 Å². The van der Waals surface area contributed by atoms with Gasteiger partial charge < -0.3 is 15.2 Å². The first-order valence-electron chi connectivity index (χ1n) is 10.8. The highest BCUT2D eigenvalue weighted by molar-refractivity contribution is 7.99. The van der Waals surface area contributed by atoms with Crippen LogP contribution in [0.5, 0.6) is 0 Å². The second-order valence-electron chi connectivity index (χ2n) is 7.99. The van der Waals surface area contributed by atoms with Crippen molar-refractivity contribution in [1.29, 1.82) is 0 Å². The maximum absolute atomic E-state index is 12.9. The first-order valence-corrected chi connectivity index (χ1v) is 12.1. The zero-order valence-corrected chi connectivity index (χ0v) is 20.7. The Hall–Kier alpha value is -2.84. The molecule has 0 spiro atoms. The lowest BCUT2D eigenvalue weighted by Crippen LogP contribution is -2.33. The maximum atomic E-state index is 12.9. The highest BCUT2D eigenvalue weighted by Crippen LogP contribution is 2.26. The SMILES string of the molecule is CCn1c(SCC(=O)Nc2ccc(Cl)cc2)nnc1[C@H](NC(=O)c1cccc(C)c1)C(C)C. The molecule has 1 aromatic heterocycles. The van der Waals surface area contributed by atoms with Crippen LogP contribution >= 0.6 is 23.4 Å². The number of nitrogens with one attached hydrogen (secondary N) is 2. The Morgan fingerprint density at radius 2 is 1.85 bits per heavy atom. The number of nitrogens with zero attached hydrogens (tertiary/aromatic N) is 3. The zero-order chi connectivity index (χ0) is 24.0. The average Bonchev–Trinajstić information content (AvgIpc) is 3.19. The maximum Gasteiger partial charge on any atom is 0.251 e. The number of rotatable bonds is 9. The Morgan fingerprint density at radius 3 is 2.48 bits per heavy atom. The lowest BCUT2D eigenvalue weighted by molar-refractivity contribution is -0.113. The minimum Gasteiger partial charge on any atom is -0.342 e. The van der Waals surface area contributed by atoms with Gasteiger partial charge in [0.15, 0.2) is 11.0 Å². The number of hydrogen-bond donors (Lipinski definition) is 2. The van der Waals surface area contributed by atoms with Crippen molar-refractivity contribution < 1.29 is 9.59 Å². The van der Waals surface area contributed by atoms with E-state index in [1.54, 1.807) is 30.3 Å². The Morgan fingerprint density at radius 1 is 1.12 bits per heavy atom. The molecule has 0 saturated carbocycles. The molecule has 0 bridgehead atoms. The number of carbonyl (C=O) groups is 2. The van der Waals surface area contributed by atoms with Crippen LogP contribution in [-0.2, 0) is 11.3 Å². The number of thioether (sulfide) groups is 1. The molecule has 3 rings (SSSR count). The van der Waals surface area contributed by atoms with Gasteiger partial charge in [0, 0.05) is 22.8 Å². The Bertz CT molecular complexity index is 1110. The topological polar surface area (TPSA) is 88.9 Å². The normalized spacial score (nSPS) is 11.9. The van der Waals surface area contributed by atoms with Crippen LogP contribution in [0.1, 0.15) is 48.6 Å². The molecule has 0 aliphatic rings. The van der Waals surface area contributed by atoms with E-state index in [1.807, 2.05) is 50.5 Å². The number of aromatic nitrogens is 3.